The molecule has 0 N–H and O–H groups in total. The molecule has 17 heavy (non-hydrogen) atoms. The standard InChI is InChI=1S/C12H18N2O.C2H6/c1-13-7-9-14(10-8-13)11-5-3-4-6-12(11)15-2;1-2/h3-6H,7-10H2,1-2H3;1-2H3. The monoisotopic (exact) mass is 236 g/mol. The van der Waals surface area contributed by atoms with Crippen LogP contribution in [0, 0.1) is 0 Å². The maximum absolute atomic E-state index is 5.37. The Hall–Kier alpha value is -1.22. The Balaban J connectivity index is 0.000000686. The van der Waals surface area contributed by atoms with E-state index < -0.39 is 0 Å². The van der Waals surface area contributed by atoms with Crippen molar-refractivity contribution < 1.29 is 4.74 Å². The average molecular weight is 236 g/mol. The minimum absolute atomic E-state index is 0.974. The highest BCUT2D eigenvalue weighted by Crippen LogP contribution is 2.27. The maximum Gasteiger partial charge on any atom is 0.142 e. The zero-order valence-corrected chi connectivity index (χ0v) is 11.4. The van der Waals surface area contributed by atoms with Crippen LogP contribution in [-0.2, 0) is 0 Å². The maximum atomic E-state index is 5.37. The molecule has 0 aliphatic carbocycles. The molecule has 0 radical (unpaired) electrons. The van der Waals surface area contributed by atoms with Gasteiger partial charge < -0.3 is 14.5 Å². The summed E-state index contributed by atoms with van der Waals surface area (Å²) in [6.07, 6.45) is 0. The molecule has 1 aliphatic heterocycles. The van der Waals surface area contributed by atoms with Gasteiger partial charge in [-0.25, -0.2) is 0 Å². The summed E-state index contributed by atoms with van der Waals surface area (Å²) < 4.78 is 5.37. The minimum Gasteiger partial charge on any atom is -0.495 e. The molecule has 0 saturated carbocycles. The van der Waals surface area contributed by atoms with Gasteiger partial charge in [-0.05, 0) is 19.2 Å². The van der Waals surface area contributed by atoms with Crippen molar-refractivity contribution in [3.8, 4) is 5.75 Å². The van der Waals surface area contributed by atoms with Crippen molar-refractivity contribution >= 4 is 5.69 Å². The van der Waals surface area contributed by atoms with Gasteiger partial charge in [-0.3, -0.25) is 0 Å². The quantitative estimate of drug-likeness (QED) is 0.784. The number of rotatable bonds is 2. The molecule has 0 atom stereocenters. The molecule has 1 aliphatic rings. The third-order valence-electron chi connectivity index (χ3n) is 2.93. The summed E-state index contributed by atoms with van der Waals surface area (Å²) in [6, 6.07) is 8.23. The second-order valence-electron chi connectivity index (χ2n) is 3.96. The number of nitrogens with zero attached hydrogens (tertiary/aromatic N) is 2. The Morgan fingerprint density at radius 3 is 2.18 bits per heavy atom. The van der Waals surface area contributed by atoms with Crippen LogP contribution in [0.1, 0.15) is 13.8 Å². The summed E-state index contributed by atoms with van der Waals surface area (Å²) in [6.45, 7) is 8.41. The van der Waals surface area contributed by atoms with E-state index in [2.05, 4.69) is 29.0 Å². The predicted octanol–water partition coefficient (Wildman–Crippen LogP) is 2.47. The fourth-order valence-corrected chi connectivity index (χ4v) is 1.94. The summed E-state index contributed by atoms with van der Waals surface area (Å²) in [5.74, 6) is 0.974. The van der Waals surface area contributed by atoms with Crippen LogP contribution in [0.25, 0.3) is 0 Å². The molecule has 3 heteroatoms. The zero-order chi connectivity index (χ0) is 12.7. The lowest BCUT2D eigenvalue weighted by Gasteiger charge is -2.34. The molecule has 3 nitrogen and oxygen atoms in total. The Labute approximate surface area is 105 Å². The van der Waals surface area contributed by atoms with Crippen molar-refractivity contribution in [1.82, 2.24) is 4.90 Å². The van der Waals surface area contributed by atoms with E-state index in [1.54, 1.807) is 7.11 Å². The molecule has 0 aromatic heterocycles. The van der Waals surface area contributed by atoms with E-state index in [9.17, 15) is 0 Å². The number of hydrogen-bond donors (Lipinski definition) is 0. The smallest absolute Gasteiger partial charge is 0.142 e. The number of hydrogen-bond acceptors (Lipinski definition) is 3. The first kappa shape index (κ1) is 13.8. The van der Waals surface area contributed by atoms with Gasteiger partial charge in [0.15, 0.2) is 0 Å². The van der Waals surface area contributed by atoms with Gasteiger partial charge in [-0.2, -0.15) is 0 Å². The summed E-state index contributed by atoms with van der Waals surface area (Å²) >= 11 is 0. The van der Waals surface area contributed by atoms with Crippen LogP contribution in [0.2, 0.25) is 0 Å². The second-order valence-corrected chi connectivity index (χ2v) is 3.96. The molecule has 1 saturated heterocycles. The number of likely N-dealkylation sites (N-methyl/N-ethyl adjacent to an activating group) is 1. The molecular weight excluding hydrogens is 212 g/mol. The van der Waals surface area contributed by atoms with E-state index in [1.165, 1.54) is 5.69 Å². The first-order valence-electron chi connectivity index (χ1n) is 6.38. The molecule has 96 valence electrons. The van der Waals surface area contributed by atoms with Crippen LogP contribution < -0.4 is 9.64 Å². The Morgan fingerprint density at radius 1 is 1.00 bits per heavy atom. The van der Waals surface area contributed by atoms with Crippen LogP contribution in [0.4, 0.5) is 5.69 Å². The van der Waals surface area contributed by atoms with Gasteiger partial charge in [0, 0.05) is 26.2 Å². The van der Waals surface area contributed by atoms with Gasteiger partial charge in [0.2, 0.25) is 0 Å². The average Bonchev–Trinajstić information content (AvgIpc) is 2.42. The topological polar surface area (TPSA) is 15.7 Å². The van der Waals surface area contributed by atoms with E-state index >= 15 is 0 Å². The highest BCUT2D eigenvalue weighted by atomic mass is 16.5. The lowest BCUT2D eigenvalue weighted by molar-refractivity contribution is 0.311. The third-order valence-corrected chi connectivity index (χ3v) is 2.93. The lowest BCUT2D eigenvalue weighted by Crippen LogP contribution is -2.44. The molecule has 2 rings (SSSR count). The number of methoxy groups -OCH3 is 1. The first-order chi connectivity index (χ1) is 8.31. The van der Waals surface area contributed by atoms with Crippen molar-refractivity contribution in [2.45, 2.75) is 13.8 Å². The second kappa shape index (κ2) is 7.17. The zero-order valence-electron chi connectivity index (χ0n) is 11.4. The Kier molecular flexibility index (Phi) is 5.84. The van der Waals surface area contributed by atoms with Crippen LogP contribution in [0.5, 0.6) is 5.75 Å². The number of ether oxygens (including phenoxy) is 1. The van der Waals surface area contributed by atoms with Gasteiger partial charge in [0.25, 0.3) is 0 Å². The summed E-state index contributed by atoms with van der Waals surface area (Å²) in [5, 5.41) is 0. The SMILES string of the molecule is CC.COc1ccccc1N1CCN(C)CC1. The van der Waals surface area contributed by atoms with Crippen LogP contribution in [0.3, 0.4) is 0 Å². The first-order valence-corrected chi connectivity index (χ1v) is 6.38. The third kappa shape index (κ3) is 3.63. The van der Waals surface area contributed by atoms with Crippen molar-refractivity contribution in [1.29, 1.82) is 0 Å². The molecule has 0 amide bonds. The van der Waals surface area contributed by atoms with Gasteiger partial charge in [0.1, 0.15) is 5.75 Å². The van der Waals surface area contributed by atoms with Gasteiger partial charge in [-0.1, -0.05) is 26.0 Å². The molecule has 1 heterocycles. The Bertz CT molecular complexity index is 320. The highest BCUT2D eigenvalue weighted by Gasteiger charge is 2.16. The number of benzene rings is 1. The predicted molar refractivity (Wildman–Crippen MR) is 74.1 cm³/mol. The van der Waals surface area contributed by atoms with Gasteiger partial charge in [0.05, 0.1) is 12.8 Å². The van der Waals surface area contributed by atoms with E-state index in [0.29, 0.717) is 0 Å². The van der Waals surface area contributed by atoms with E-state index in [-0.39, 0.29) is 0 Å². The largest absolute Gasteiger partial charge is 0.495 e. The molecule has 0 spiro atoms. The summed E-state index contributed by atoms with van der Waals surface area (Å²) in [5.41, 5.74) is 1.22. The number of para-hydroxylation sites is 2. The molecular formula is C14H24N2O. The van der Waals surface area contributed by atoms with Crippen molar-refractivity contribution in [2.24, 2.45) is 0 Å². The van der Waals surface area contributed by atoms with Crippen LogP contribution in [-0.4, -0.2) is 45.2 Å². The van der Waals surface area contributed by atoms with Gasteiger partial charge >= 0.3 is 0 Å². The summed E-state index contributed by atoms with van der Waals surface area (Å²) in [7, 11) is 3.90. The number of anilines is 1. The van der Waals surface area contributed by atoms with Crippen LogP contribution in [0.15, 0.2) is 24.3 Å². The number of piperazine rings is 1. The summed E-state index contributed by atoms with van der Waals surface area (Å²) in [4.78, 5) is 4.74. The molecule has 1 fully saturated rings. The van der Waals surface area contributed by atoms with Crippen LogP contribution >= 0.6 is 0 Å². The minimum atomic E-state index is 0.974. The van der Waals surface area contributed by atoms with E-state index in [1.807, 2.05) is 26.0 Å². The highest BCUT2D eigenvalue weighted by molar-refractivity contribution is 5.58. The fraction of sp³-hybridized carbons (Fsp3) is 0.571. The van der Waals surface area contributed by atoms with Gasteiger partial charge in [-0.15, -0.1) is 0 Å². The molecule has 0 bridgehead atoms. The lowest BCUT2D eigenvalue weighted by atomic mass is 10.2. The molecule has 1 aromatic carbocycles. The molecule has 0 unspecified atom stereocenters. The van der Waals surface area contributed by atoms with Crippen molar-refractivity contribution in [2.75, 3.05) is 45.2 Å². The van der Waals surface area contributed by atoms with E-state index in [4.69, 9.17) is 4.74 Å². The fourth-order valence-electron chi connectivity index (χ4n) is 1.94. The normalized spacial score (nSPS) is 16.1. The Morgan fingerprint density at radius 2 is 1.59 bits per heavy atom. The van der Waals surface area contributed by atoms with Crippen molar-refractivity contribution in [3.05, 3.63) is 24.3 Å². The van der Waals surface area contributed by atoms with Crippen molar-refractivity contribution in [3.63, 3.8) is 0 Å². The van der Waals surface area contributed by atoms with E-state index in [0.717, 1.165) is 31.9 Å². The molecule has 1 aromatic rings.